The molecule has 0 bridgehead atoms. The van der Waals surface area contributed by atoms with Crippen LogP contribution in [0.15, 0.2) is 30.3 Å². The van der Waals surface area contributed by atoms with E-state index in [0.29, 0.717) is 18.5 Å². The number of hydrogen-bond donors (Lipinski definition) is 0. The second-order valence-corrected chi connectivity index (χ2v) is 11.0. The van der Waals surface area contributed by atoms with Gasteiger partial charge in [-0.25, -0.2) is 12.8 Å². The van der Waals surface area contributed by atoms with E-state index in [1.165, 1.54) is 12.1 Å². The molecule has 2 saturated heterocycles. The largest absolute Gasteiger partial charge is 0.370 e. The fraction of sp³-hybridized carbons (Fsp3) is 0.522. The van der Waals surface area contributed by atoms with Gasteiger partial charge < -0.3 is 9.47 Å². The second-order valence-electron chi connectivity index (χ2n) is 8.73. The maximum Gasteiger partial charge on any atom is 0.178 e. The number of aromatic nitrogens is 1. The highest BCUT2D eigenvalue weighted by molar-refractivity contribution is 7.91. The second kappa shape index (κ2) is 8.74. The minimum absolute atomic E-state index is 0.0750. The highest BCUT2D eigenvalue weighted by Crippen LogP contribution is 2.29. The van der Waals surface area contributed by atoms with Crippen molar-refractivity contribution in [3.05, 3.63) is 53.1 Å². The lowest BCUT2D eigenvalue weighted by atomic mass is 10.1. The summed E-state index contributed by atoms with van der Waals surface area (Å²) in [4.78, 5) is 17.5. The van der Waals surface area contributed by atoms with Crippen molar-refractivity contribution in [2.75, 3.05) is 49.1 Å². The first kappa shape index (κ1) is 22.0. The van der Waals surface area contributed by atoms with Crippen molar-refractivity contribution in [3.63, 3.8) is 0 Å². The van der Waals surface area contributed by atoms with E-state index in [4.69, 9.17) is 0 Å². The molecule has 31 heavy (non-hydrogen) atoms. The van der Waals surface area contributed by atoms with E-state index < -0.39 is 9.84 Å². The predicted octanol–water partition coefficient (Wildman–Crippen LogP) is 3.00. The standard InChI is InChI=1S/C23H30FN3O3S/c1-17-14-22(18(2)27(17)21-8-13-31(29,30)16-21)23(28)15-25-9-3-10-26(12-11-25)20-6-4-19(24)5-7-20/h4-7,14,21H,3,8-13,15-16H2,1-2H3. The average molecular weight is 448 g/mol. The van der Waals surface area contributed by atoms with Crippen LogP contribution in [0.3, 0.4) is 0 Å². The van der Waals surface area contributed by atoms with Crippen LogP contribution in [0.4, 0.5) is 10.1 Å². The van der Waals surface area contributed by atoms with Crippen LogP contribution in [0.1, 0.15) is 40.6 Å². The van der Waals surface area contributed by atoms with Gasteiger partial charge in [0.1, 0.15) is 5.82 Å². The molecular formula is C23H30FN3O3S. The summed E-state index contributed by atoms with van der Waals surface area (Å²) in [6.45, 7) is 7.49. The molecule has 8 heteroatoms. The monoisotopic (exact) mass is 447 g/mol. The molecule has 0 N–H and O–H groups in total. The van der Waals surface area contributed by atoms with Crippen molar-refractivity contribution in [2.45, 2.75) is 32.7 Å². The Morgan fingerprint density at radius 2 is 1.84 bits per heavy atom. The fourth-order valence-electron chi connectivity index (χ4n) is 4.93. The molecule has 0 aliphatic carbocycles. The van der Waals surface area contributed by atoms with Crippen LogP contribution in [-0.4, -0.2) is 67.9 Å². The highest BCUT2D eigenvalue weighted by Gasteiger charge is 2.32. The summed E-state index contributed by atoms with van der Waals surface area (Å²) in [5.74, 6) is 0.215. The van der Waals surface area contributed by atoms with Crippen LogP contribution < -0.4 is 4.90 Å². The topological polar surface area (TPSA) is 62.6 Å². The Morgan fingerprint density at radius 1 is 1.10 bits per heavy atom. The van der Waals surface area contributed by atoms with Crippen molar-refractivity contribution in [1.29, 1.82) is 0 Å². The van der Waals surface area contributed by atoms with Crippen LogP contribution in [0.25, 0.3) is 0 Å². The molecule has 0 saturated carbocycles. The number of carbonyl (C=O) groups is 1. The van der Waals surface area contributed by atoms with Crippen molar-refractivity contribution >= 4 is 21.3 Å². The Kier molecular flexibility index (Phi) is 6.21. The van der Waals surface area contributed by atoms with E-state index in [9.17, 15) is 17.6 Å². The van der Waals surface area contributed by atoms with Crippen LogP contribution in [-0.2, 0) is 9.84 Å². The molecule has 168 valence electrons. The Hall–Kier alpha value is -2.19. The van der Waals surface area contributed by atoms with E-state index in [1.807, 2.05) is 24.5 Å². The molecule has 1 aromatic heterocycles. The van der Waals surface area contributed by atoms with Crippen molar-refractivity contribution in [3.8, 4) is 0 Å². The van der Waals surface area contributed by atoms with Crippen molar-refractivity contribution < 1.29 is 17.6 Å². The van der Waals surface area contributed by atoms with Gasteiger partial charge in [0.25, 0.3) is 0 Å². The van der Waals surface area contributed by atoms with Crippen LogP contribution in [0.2, 0.25) is 0 Å². The van der Waals surface area contributed by atoms with E-state index in [1.54, 1.807) is 12.1 Å². The predicted molar refractivity (Wildman–Crippen MR) is 120 cm³/mol. The third-order valence-electron chi connectivity index (χ3n) is 6.51. The number of Topliss-reactive ketones (excluding diaryl/α,β-unsaturated/α-hetero) is 1. The number of carbonyl (C=O) groups excluding carboxylic acids is 1. The molecule has 2 aromatic rings. The Morgan fingerprint density at radius 3 is 2.52 bits per heavy atom. The normalized spacial score (nSPS) is 21.9. The maximum absolute atomic E-state index is 13.2. The number of hydrogen-bond acceptors (Lipinski definition) is 5. The van der Waals surface area contributed by atoms with Crippen molar-refractivity contribution in [2.24, 2.45) is 0 Å². The number of anilines is 1. The molecule has 1 atom stereocenters. The third kappa shape index (κ3) is 4.85. The van der Waals surface area contributed by atoms with Gasteiger partial charge in [0.15, 0.2) is 15.6 Å². The minimum atomic E-state index is -2.98. The first-order valence-electron chi connectivity index (χ1n) is 10.9. The first-order valence-corrected chi connectivity index (χ1v) is 12.7. The van der Waals surface area contributed by atoms with E-state index in [-0.39, 0.29) is 29.1 Å². The summed E-state index contributed by atoms with van der Waals surface area (Å²) in [7, 11) is -2.98. The van der Waals surface area contributed by atoms with Gasteiger partial charge in [-0.3, -0.25) is 9.69 Å². The molecule has 2 aliphatic rings. The summed E-state index contributed by atoms with van der Waals surface area (Å²) in [6, 6.07) is 8.39. The first-order chi connectivity index (χ1) is 14.7. The lowest BCUT2D eigenvalue weighted by Crippen LogP contribution is -2.34. The third-order valence-corrected chi connectivity index (χ3v) is 8.26. The Bertz CT molecular complexity index is 1060. The molecule has 2 aliphatic heterocycles. The maximum atomic E-state index is 13.2. The number of aryl methyl sites for hydroxylation is 1. The zero-order valence-corrected chi connectivity index (χ0v) is 19.0. The van der Waals surface area contributed by atoms with E-state index in [0.717, 1.165) is 49.7 Å². The molecular weight excluding hydrogens is 417 g/mol. The SMILES string of the molecule is Cc1cc(C(=O)CN2CCCN(c3ccc(F)cc3)CC2)c(C)n1C1CCS(=O)(=O)C1. The summed E-state index contributed by atoms with van der Waals surface area (Å²) >= 11 is 0. The zero-order chi connectivity index (χ0) is 22.2. The van der Waals surface area contributed by atoms with Gasteiger partial charge in [-0.15, -0.1) is 0 Å². The molecule has 1 aromatic carbocycles. The Balaban J connectivity index is 1.42. The molecule has 2 fully saturated rings. The summed E-state index contributed by atoms with van der Waals surface area (Å²) in [5, 5.41) is 0. The van der Waals surface area contributed by atoms with E-state index >= 15 is 0 Å². The van der Waals surface area contributed by atoms with Gasteiger partial charge >= 0.3 is 0 Å². The molecule has 3 heterocycles. The minimum Gasteiger partial charge on any atom is -0.370 e. The quantitative estimate of drug-likeness (QED) is 0.660. The summed E-state index contributed by atoms with van der Waals surface area (Å²) in [5.41, 5.74) is 3.51. The van der Waals surface area contributed by atoms with Gasteiger partial charge in [-0.05, 0) is 57.0 Å². The Labute approximate surface area is 183 Å². The number of benzene rings is 1. The molecule has 6 nitrogen and oxygen atoms in total. The van der Waals surface area contributed by atoms with E-state index in [2.05, 4.69) is 9.80 Å². The molecule has 0 radical (unpaired) electrons. The van der Waals surface area contributed by atoms with Gasteiger partial charge in [-0.2, -0.15) is 0 Å². The zero-order valence-electron chi connectivity index (χ0n) is 18.2. The molecule has 0 amide bonds. The lowest BCUT2D eigenvalue weighted by molar-refractivity contribution is 0.0934. The highest BCUT2D eigenvalue weighted by atomic mass is 32.2. The number of rotatable bonds is 5. The lowest BCUT2D eigenvalue weighted by Gasteiger charge is -2.23. The van der Waals surface area contributed by atoms with Gasteiger partial charge in [0, 0.05) is 54.9 Å². The smallest absolute Gasteiger partial charge is 0.178 e. The number of nitrogens with zero attached hydrogens (tertiary/aromatic N) is 3. The number of ketones is 1. The molecule has 0 spiro atoms. The van der Waals surface area contributed by atoms with Crippen LogP contribution in [0, 0.1) is 19.7 Å². The fourth-order valence-corrected chi connectivity index (χ4v) is 6.63. The average Bonchev–Trinajstić information content (AvgIpc) is 3.11. The van der Waals surface area contributed by atoms with Crippen molar-refractivity contribution in [1.82, 2.24) is 9.47 Å². The summed E-state index contributed by atoms with van der Waals surface area (Å²) in [6.07, 6.45) is 1.54. The van der Waals surface area contributed by atoms with Gasteiger partial charge in [-0.1, -0.05) is 0 Å². The summed E-state index contributed by atoms with van der Waals surface area (Å²) < 4.78 is 39.1. The molecule has 4 rings (SSSR count). The number of halogens is 1. The van der Waals surface area contributed by atoms with Crippen LogP contribution in [0.5, 0.6) is 0 Å². The number of sulfone groups is 1. The van der Waals surface area contributed by atoms with Crippen LogP contribution >= 0.6 is 0 Å². The van der Waals surface area contributed by atoms with Gasteiger partial charge in [0.2, 0.25) is 0 Å². The molecule has 1 unspecified atom stereocenters. The van der Waals surface area contributed by atoms with Gasteiger partial charge in [0.05, 0.1) is 18.1 Å².